The zero-order valence-electron chi connectivity index (χ0n) is 12.8. The maximum Gasteiger partial charge on any atom is 0.323 e. The van der Waals surface area contributed by atoms with Crippen molar-refractivity contribution in [1.29, 1.82) is 0 Å². The molecule has 0 aromatic heterocycles. The fourth-order valence-electron chi connectivity index (χ4n) is 1.87. The van der Waals surface area contributed by atoms with Crippen molar-refractivity contribution in [3.05, 3.63) is 29.8 Å². The molecule has 3 nitrogen and oxygen atoms in total. The summed E-state index contributed by atoms with van der Waals surface area (Å²) >= 11 is 1.77. The quantitative estimate of drug-likeness (QED) is 0.589. The Bertz CT molecular complexity index is 403. The third kappa shape index (κ3) is 5.55. The first kappa shape index (κ1) is 17.1. The van der Waals surface area contributed by atoms with Crippen LogP contribution in [0.25, 0.3) is 0 Å². The van der Waals surface area contributed by atoms with Crippen molar-refractivity contribution < 1.29 is 9.53 Å². The van der Waals surface area contributed by atoms with Crippen molar-refractivity contribution >= 4 is 17.7 Å². The lowest BCUT2D eigenvalue weighted by molar-refractivity contribution is -0.145. The Morgan fingerprint density at radius 2 is 1.95 bits per heavy atom. The number of carbonyl (C=O) groups excluding carboxylic acids is 1. The van der Waals surface area contributed by atoms with Crippen LogP contribution >= 0.6 is 11.8 Å². The molecular weight excluding hydrogens is 270 g/mol. The van der Waals surface area contributed by atoms with Gasteiger partial charge in [-0.1, -0.05) is 26.0 Å². The van der Waals surface area contributed by atoms with Crippen LogP contribution in [0.5, 0.6) is 0 Å². The Kier molecular flexibility index (Phi) is 7.70. The summed E-state index contributed by atoms with van der Waals surface area (Å²) in [5.41, 5.74) is 1.36. The molecule has 0 fully saturated rings. The maximum atomic E-state index is 11.6. The molecule has 0 saturated carbocycles. The Balaban J connectivity index is 2.40. The van der Waals surface area contributed by atoms with Gasteiger partial charge in [-0.15, -0.1) is 11.8 Å². The Morgan fingerprint density at radius 1 is 1.30 bits per heavy atom. The minimum absolute atomic E-state index is 0.161. The van der Waals surface area contributed by atoms with Crippen molar-refractivity contribution in [2.24, 2.45) is 0 Å². The van der Waals surface area contributed by atoms with Gasteiger partial charge in [0, 0.05) is 10.6 Å². The molecule has 0 aliphatic carbocycles. The molecule has 1 aromatic carbocycles. The van der Waals surface area contributed by atoms with Gasteiger partial charge in [0.25, 0.3) is 0 Å². The van der Waals surface area contributed by atoms with Crippen LogP contribution in [0, 0.1) is 0 Å². The number of nitrogens with one attached hydrogen (secondary N) is 1. The molecule has 1 N–H and O–H groups in total. The van der Waals surface area contributed by atoms with Gasteiger partial charge in [0.05, 0.1) is 6.61 Å². The fraction of sp³-hybridized carbons (Fsp3) is 0.562. The summed E-state index contributed by atoms with van der Waals surface area (Å²) in [6.07, 6.45) is 0.770. The lowest BCUT2D eigenvalue weighted by Gasteiger charge is -2.14. The normalized spacial score (nSPS) is 12.4. The van der Waals surface area contributed by atoms with Crippen LogP contribution in [0.15, 0.2) is 29.2 Å². The van der Waals surface area contributed by atoms with Gasteiger partial charge in [0.1, 0.15) is 6.04 Å². The van der Waals surface area contributed by atoms with Crippen LogP contribution in [0.2, 0.25) is 0 Å². The van der Waals surface area contributed by atoms with Crippen molar-refractivity contribution in [2.45, 2.75) is 44.0 Å². The molecule has 0 aliphatic rings. The molecule has 0 amide bonds. The number of rotatable bonds is 8. The monoisotopic (exact) mass is 295 g/mol. The van der Waals surface area contributed by atoms with Gasteiger partial charge in [-0.25, -0.2) is 0 Å². The van der Waals surface area contributed by atoms with Crippen molar-refractivity contribution in [1.82, 2.24) is 5.32 Å². The standard InChI is InChI=1S/C16H25NO2S/c1-5-19-16(18)15(17-4)10-11-20-14-8-6-13(7-9-14)12(2)3/h6-9,12,15,17H,5,10-11H2,1-4H3. The van der Waals surface area contributed by atoms with Crippen molar-refractivity contribution in [3.8, 4) is 0 Å². The van der Waals surface area contributed by atoms with E-state index in [0.29, 0.717) is 12.5 Å². The Hall–Kier alpha value is -1.00. The van der Waals surface area contributed by atoms with Crippen LogP contribution in [0.1, 0.15) is 38.7 Å². The molecule has 20 heavy (non-hydrogen) atoms. The molecule has 1 unspecified atom stereocenters. The van der Waals surface area contributed by atoms with Gasteiger partial charge in [-0.3, -0.25) is 4.79 Å². The molecule has 0 saturated heterocycles. The molecule has 0 spiro atoms. The van der Waals surface area contributed by atoms with Crippen LogP contribution < -0.4 is 5.32 Å². The number of hydrogen-bond donors (Lipinski definition) is 1. The number of ether oxygens (including phenoxy) is 1. The number of hydrogen-bond acceptors (Lipinski definition) is 4. The first-order valence-corrected chi connectivity index (χ1v) is 8.13. The largest absolute Gasteiger partial charge is 0.465 e. The fourth-order valence-corrected chi connectivity index (χ4v) is 2.78. The summed E-state index contributed by atoms with van der Waals surface area (Å²) in [5, 5.41) is 3.01. The van der Waals surface area contributed by atoms with Crippen LogP contribution in [-0.2, 0) is 9.53 Å². The summed E-state index contributed by atoms with van der Waals surface area (Å²) in [7, 11) is 1.80. The molecule has 1 aromatic rings. The summed E-state index contributed by atoms with van der Waals surface area (Å²) in [5.74, 6) is 1.29. The van der Waals surface area contributed by atoms with E-state index in [1.807, 2.05) is 6.92 Å². The summed E-state index contributed by atoms with van der Waals surface area (Å²) < 4.78 is 5.03. The molecule has 0 aliphatic heterocycles. The van der Waals surface area contributed by atoms with E-state index in [1.54, 1.807) is 18.8 Å². The Labute approximate surface area is 126 Å². The third-order valence-electron chi connectivity index (χ3n) is 3.14. The average Bonchev–Trinajstić information content (AvgIpc) is 2.44. The molecule has 1 rings (SSSR count). The highest BCUT2D eigenvalue weighted by atomic mass is 32.2. The zero-order valence-corrected chi connectivity index (χ0v) is 13.6. The third-order valence-corrected chi connectivity index (χ3v) is 4.19. The van der Waals surface area contributed by atoms with E-state index in [-0.39, 0.29) is 12.0 Å². The predicted molar refractivity (Wildman–Crippen MR) is 85.4 cm³/mol. The average molecular weight is 295 g/mol. The highest BCUT2D eigenvalue weighted by Crippen LogP contribution is 2.22. The zero-order chi connectivity index (χ0) is 15.0. The lowest BCUT2D eigenvalue weighted by atomic mass is 10.0. The van der Waals surface area contributed by atoms with E-state index in [9.17, 15) is 4.79 Å². The molecule has 0 heterocycles. The first-order chi connectivity index (χ1) is 9.58. The molecule has 1 atom stereocenters. The highest BCUT2D eigenvalue weighted by molar-refractivity contribution is 7.99. The van der Waals surface area contributed by atoms with Crippen LogP contribution in [-0.4, -0.2) is 31.4 Å². The van der Waals surface area contributed by atoms with E-state index < -0.39 is 0 Å². The molecule has 112 valence electrons. The first-order valence-electron chi connectivity index (χ1n) is 7.15. The molecule has 0 radical (unpaired) electrons. The van der Waals surface area contributed by atoms with Crippen LogP contribution in [0.4, 0.5) is 0 Å². The van der Waals surface area contributed by atoms with Gasteiger partial charge in [0.15, 0.2) is 0 Å². The highest BCUT2D eigenvalue weighted by Gasteiger charge is 2.16. The van der Waals surface area contributed by atoms with Crippen molar-refractivity contribution in [3.63, 3.8) is 0 Å². The number of carbonyl (C=O) groups is 1. The minimum atomic E-state index is -0.211. The second-order valence-corrected chi connectivity index (χ2v) is 6.12. The molecular formula is C16H25NO2S. The maximum absolute atomic E-state index is 11.6. The molecule has 4 heteroatoms. The number of thioether (sulfide) groups is 1. The second kappa shape index (κ2) is 9.03. The van der Waals surface area contributed by atoms with E-state index in [0.717, 1.165) is 12.2 Å². The van der Waals surface area contributed by atoms with E-state index in [2.05, 4.69) is 43.4 Å². The van der Waals surface area contributed by atoms with E-state index in [4.69, 9.17) is 4.74 Å². The lowest BCUT2D eigenvalue weighted by Crippen LogP contribution is -2.36. The topological polar surface area (TPSA) is 38.3 Å². The number of benzene rings is 1. The smallest absolute Gasteiger partial charge is 0.323 e. The predicted octanol–water partition coefficient (Wildman–Crippen LogP) is 3.44. The minimum Gasteiger partial charge on any atom is -0.465 e. The van der Waals surface area contributed by atoms with Gasteiger partial charge in [0.2, 0.25) is 0 Å². The summed E-state index contributed by atoms with van der Waals surface area (Å²) in [4.78, 5) is 12.9. The SMILES string of the molecule is CCOC(=O)C(CCSc1ccc(C(C)C)cc1)NC. The van der Waals surface area contributed by atoms with Crippen LogP contribution in [0.3, 0.4) is 0 Å². The van der Waals surface area contributed by atoms with E-state index in [1.165, 1.54) is 10.5 Å². The second-order valence-electron chi connectivity index (χ2n) is 4.95. The van der Waals surface area contributed by atoms with Gasteiger partial charge in [-0.2, -0.15) is 0 Å². The summed E-state index contributed by atoms with van der Waals surface area (Å²) in [6.45, 7) is 6.65. The molecule has 0 bridgehead atoms. The summed E-state index contributed by atoms with van der Waals surface area (Å²) in [6, 6.07) is 8.44. The number of likely N-dealkylation sites (N-methyl/N-ethyl adjacent to an activating group) is 1. The Morgan fingerprint density at radius 3 is 2.45 bits per heavy atom. The van der Waals surface area contributed by atoms with E-state index >= 15 is 0 Å². The van der Waals surface area contributed by atoms with Gasteiger partial charge in [-0.05, 0) is 44.0 Å². The van der Waals surface area contributed by atoms with Gasteiger partial charge >= 0.3 is 5.97 Å². The van der Waals surface area contributed by atoms with Gasteiger partial charge < -0.3 is 10.1 Å². The number of esters is 1. The van der Waals surface area contributed by atoms with Crippen molar-refractivity contribution in [2.75, 3.05) is 19.4 Å².